The molecule has 0 unspecified atom stereocenters. The van der Waals surface area contributed by atoms with E-state index in [1.807, 2.05) is 78.9 Å². The number of thiophene rings is 1. The molecule has 8 aromatic carbocycles. The predicted octanol–water partition coefficient (Wildman–Crippen LogP) is 14.0. The van der Waals surface area contributed by atoms with Crippen molar-refractivity contribution < 1.29 is 24.7 Å². The van der Waals surface area contributed by atoms with Gasteiger partial charge in [-0.3, -0.25) is 0 Å². The number of benzene rings is 8. The average Bonchev–Trinajstić information content (AvgIpc) is 3.80. The first-order valence-electron chi connectivity index (χ1n) is 26.2. The van der Waals surface area contributed by atoms with Gasteiger partial charge in [0.2, 0.25) is 0 Å². The molecule has 0 aliphatic carbocycles. The van der Waals surface area contributed by atoms with Crippen molar-refractivity contribution in [3.05, 3.63) is 206 Å². The summed E-state index contributed by atoms with van der Waals surface area (Å²) in [7, 11) is 0. The first-order valence-corrected chi connectivity index (χ1v) is 18.0. The van der Waals surface area contributed by atoms with Crippen LogP contribution >= 0.6 is 11.3 Å². The Bertz CT molecular complexity index is 3880. The zero-order chi connectivity index (χ0) is 52.9. The zero-order valence-electron chi connectivity index (χ0n) is 46.9. The van der Waals surface area contributed by atoms with E-state index in [0.29, 0.717) is 33.1 Å². The van der Waals surface area contributed by atoms with Crippen LogP contribution in [0.2, 0.25) is 0 Å². The number of hydrogen-bond donors (Lipinski definition) is 0. The lowest BCUT2D eigenvalue weighted by Crippen LogP contribution is -2.09. The van der Waals surface area contributed by atoms with Crippen LogP contribution in [0.25, 0.3) is 76.6 Å². The molecule has 264 valence electrons. The van der Waals surface area contributed by atoms with Crippen molar-refractivity contribution in [1.29, 1.82) is 0 Å². The van der Waals surface area contributed by atoms with E-state index in [0.717, 1.165) is 26.1 Å². The van der Waals surface area contributed by atoms with Gasteiger partial charge in [0.25, 0.3) is 0 Å². The summed E-state index contributed by atoms with van der Waals surface area (Å²) in [4.78, 5) is 15.8. The molecule has 2 heterocycles. The van der Waals surface area contributed by atoms with Crippen molar-refractivity contribution in [3.63, 3.8) is 0 Å². The molecule has 56 heavy (non-hydrogen) atoms. The quantitative estimate of drug-likeness (QED) is 0.155. The summed E-state index contributed by atoms with van der Waals surface area (Å²) >= 11 is 1.33. The summed E-state index contributed by atoms with van der Waals surface area (Å²) in [5.41, 5.74) is -1.66. The Balaban J connectivity index is 1.22. The monoisotopic (exact) mass is 752 g/mol. The van der Waals surface area contributed by atoms with Crippen LogP contribution in [0, 0.1) is 0 Å². The molecule has 10 rings (SSSR count). The van der Waals surface area contributed by atoms with Crippen LogP contribution in [0.3, 0.4) is 0 Å². The lowest BCUT2D eigenvalue weighted by atomic mass is 9.99. The van der Waals surface area contributed by atoms with Crippen LogP contribution in [-0.2, 0) is 0 Å². The number of para-hydroxylation sites is 1. The molecule has 0 aliphatic heterocycles. The van der Waals surface area contributed by atoms with Gasteiger partial charge in [0.05, 0.1) is 24.7 Å². The number of rotatable bonds is 8. The molecule has 0 bridgehead atoms. The van der Waals surface area contributed by atoms with Gasteiger partial charge in [0.15, 0.2) is 17.5 Å². The third kappa shape index (κ3) is 6.40. The molecule has 4 nitrogen and oxygen atoms in total. The highest BCUT2D eigenvalue weighted by atomic mass is 32.1. The smallest absolute Gasteiger partial charge is 0.164 e. The second-order valence-corrected chi connectivity index (χ2v) is 13.4. The highest BCUT2D eigenvalue weighted by Gasteiger charge is 2.19. The molecule has 5 heteroatoms. The fourth-order valence-electron chi connectivity index (χ4n) is 6.30. The van der Waals surface area contributed by atoms with Gasteiger partial charge in [-0.1, -0.05) is 163 Å². The van der Waals surface area contributed by atoms with Gasteiger partial charge in [-0.15, -0.1) is 11.3 Å². The van der Waals surface area contributed by atoms with Gasteiger partial charge in [-0.2, -0.15) is 0 Å². The first-order chi connectivity index (χ1) is 35.2. The van der Waals surface area contributed by atoms with Crippen molar-refractivity contribution in [2.45, 2.75) is 0 Å². The number of nitrogens with zero attached hydrogens (tertiary/aromatic N) is 4. The van der Waals surface area contributed by atoms with Crippen molar-refractivity contribution in [3.8, 4) is 56.4 Å². The molecule has 0 saturated heterocycles. The minimum atomic E-state index is -0.917. The molecule has 0 aliphatic rings. The normalized spacial score (nSPS) is 15.7. The van der Waals surface area contributed by atoms with Crippen LogP contribution in [-0.4, -0.2) is 15.0 Å². The zero-order valence-corrected chi connectivity index (χ0v) is 29.8. The van der Waals surface area contributed by atoms with E-state index in [1.165, 1.54) is 17.4 Å². The molecule has 0 atom stereocenters. The summed E-state index contributed by atoms with van der Waals surface area (Å²) < 4.78 is 161. The van der Waals surface area contributed by atoms with E-state index in [2.05, 4.69) is 0 Å². The maximum absolute atomic E-state index is 9.76. The number of hydrogen-bond acceptors (Lipinski definition) is 5. The molecule has 10 aromatic rings. The molecule has 0 radical (unpaired) electrons. The number of fused-ring (bicyclic) bond motifs is 3. The van der Waals surface area contributed by atoms with Crippen LogP contribution in [0.4, 0.5) is 17.1 Å². The number of aromatic nitrogens is 3. The Morgan fingerprint density at radius 2 is 0.982 bits per heavy atom. The van der Waals surface area contributed by atoms with Gasteiger partial charge in [0.1, 0.15) is 0 Å². The van der Waals surface area contributed by atoms with Crippen LogP contribution in [0.15, 0.2) is 206 Å². The third-order valence-electron chi connectivity index (χ3n) is 8.85. The SMILES string of the molecule is [2H]c1c([2H])c([2H])c(-c2c([2H])c([2H])c(-c3c([2H])c([2H])c([2H])c(N(c4ccc5c(c4)sc4cccc(-c6nc(-c7ccccc7)nc(-c7ccccc7)n6)c45)c4c([2H])c([2H])c([2H])c([2H])c4[2H])c3[2H])c([2H])c2[2H])c([2H])c1[2H]. The Morgan fingerprint density at radius 3 is 1.66 bits per heavy atom. The van der Waals surface area contributed by atoms with E-state index >= 15 is 0 Å². The standard InChI is InChI=1S/C51H34N4S/c1-5-15-35(16-6-1)36-27-29-37(30-28-36)40-21-13-24-42(33-40)55(41-22-11-4-12-23-41)43-31-32-44-47(34-43)56-46-26-14-25-45(48(44)46)51-53-49(38-17-7-2-8-18-38)52-50(54-51)39-19-9-3-10-20-39/h1-34H/i1D,4D,5D,6D,11D,12D,13D,15D,16D,21D,22D,23D,24D,27D,28D,29D,30D,33D. The van der Waals surface area contributed by atoms with Gasteiger partial charge in [-0.25, -0.2) is 15.0 Å². The highest BCUT2D eigenvalue weighted by molar-refractivity contribution is 7.26. The highest BCUT2D eigenvalue weighted by Crippen LogP contribution is 2.44. The topological polar surface area (TPSA) is 41.9 Å². The maximum Gasteiger partial charge on any atom is 0.164 e. The first kappa shape index (κ1) is 19.4. The summed E-state index contributed by atoms with van der Waals surface area (Å²) in [6.07, 6.45) is 0. The Morgan fingerprint density at radius 1 is 0.411 bits per heavy atom. The maximum atomic E-state index is 9.76. The third-order valence-corrected chi connectivity index (χ3v) is 9.97. The molecule has 0 amide bonds. The van der Waals surface area contributed by atoms with Crippen LogP contribution in [0.1, 0.15) is 24.7 Å². The summed E-state index contributed by atoms with van der Waals surface area (Å²) in [6.45, 7) is 0. The summed E-state index contributed by atoms with van der Waals surface area (Å²) in [5, 5.41) is 1.42. The summed E-state index contributed by atoms with van der Waals surface area (Å²) in [5.74, 6) is 1.24. The largest absolute Gasteiger partial charge is 0.310 e. The molecule has 2 aromatic heterocycles. The average molecular weight is 753 g/mol. The molecule has 0 spiro atoms. The van der Waals surface area contributed by atoms with Crippen molar-refractivity contribution in [2.75, 3.05) is 4.90 Å². The fraction of sp³-hybridized carbons (Fsp3) is 0. The second kappa shape index (κ2) is 14.6. The van der Waals surface area contributed by atoms with Crippen LogP contribution in [0.5, 0.6) is 0 Å². The lowest BCUT2D eigenvalue weighted by Gasteiger charge is -2.26. The minimum Gasteiger partial charge on any atom is -0.310 e. The van der Waals surface area contributed by atoms with Crippen molar-refractivity contribution >= 4 is 48.6 Å². The Hall–Kier alpha value is -7.21. The predicted molar refractivity (Wildman–Crippen MR) is 235 cm³/mol. The Kier molecular flexibility index (Phi) is 5.04. The molecule has 0 N–H and O–H groups in total. The fourth-order valence-corrected chi connectivity index (χ4v) is 7.47. The van der Waals surface area contributed by atoms with Crippen molar-refractivity contribution in [1.82, 2.24) is 15.0 Å². The van der Waals surface area contributed by atoms with E-state index in [1.54, 1.807) is 12.1 Å². The molecular weight excluding hydrogens is 701 g/mol. The molecule has 0 saturated carbocycles. The lowest BCUT2D eigenvalue weighted by molar-refractivity contribution is 1.08. The van der Waals surface area contributed by atoms with Gasteiger partial charge < -0.3 is 4.90 Å². The number of anilines is 3. The Labute approximate surface area is 355 Å². The van der Waals surface area contributed by atoms with E-state index in [9.17, 15) is 5.48 Å². The molecule has 0 fully saturated rings. The van der Waals surface area contributed by atoms with E-state index in [-0.39, 0.29) is 5.69 Å². The van der Waals surface area contributed by atoms with Gasteiger partial charge >= 0.3 is 0 Å². The van der Waals surface area contributed by atoms with Crippen molar-refractivity contribution in [2.24, 2.45) is 0 Å². The molecular formula is C51H34N4S. The van der Waals surface area contributed by atoms with Crippen LogP contribution < -0.4 is 4.90 Å². The van der Waals surface area contributed by atoms with Gasteiger partial charge in [-0.05, 0) is 64.6 Å². The second-order valence-electron chi connectivity index (χ2n) is 12.3. The van der Waals surface area contributed by atoms with E-state index in [4.69, 9.17) is 34.1 Å². The summed E-state index contributed by atoms with van der Waals surface area (Å²) in [6, 6.07) is 14.5. The minimum absolute atomic E-state index is 0.0307. The van der Waals surface area contributed by atoms with Gasteiger partial charge in [0, 0.05) is 53.9 Å². The van der Waals surface area contributed by atoms with E-state index < -0.39 is 142 Å².